The maximum absolute atomic E-state index is 12.1. The molecule has 2 rings (SSSR count). The van der Waals surface area contributed by atoms with Crippen LogP contribution in [0.15, 0.2) is 35.3 Å². The summed E-state index contributed by atoms with van der Waals surface area (Å²) in [4.78, 5) is 27.8. The Morgan fingerprint density at radius 3 is 2.71 bits per heavy atom. The quantitative estimate of drug-likeness (QED) is 0.790. The number of benzene rings is 1. The van der Waals surface area contributed by atoms with Crippen LogP contribution in [0.4, 0.5) is 4.79 Å². The molecule has 0 saturated carbocycles. The SMILES string of the molecule is CCC(C)C(NC(=O)OCc1ccccc1)C1=NC(C(N)=O)CS1. The lowest BCUT2D eigenvalue weighted by Crippen LogP contribution is -2.44. The van der Waals surface area contributed by atoms with Gasteiger partial charge in [0.25, 0.3) is 0 Å². The van der Waals surface area contributed by atoms with Crippen molar-refractivity contribution >= 4 is 28.8 Å². The summed E-state index contributed by atoms with van der Waals surface area (Å²) in [6.07, 6.45) is 0.375. The van der Waals surface area contributed by atoms with Crippen LogP contribution in [0.1, 0.15) is 25.8 Å². The predicted molar refractivity (Wildman–Crippen MR) is 95.9 cm³/mol. The number of nitrogens with one attached hydrogen (secondary N) is 1. The molecule has 6 nitrogen and oxygen atoms in total. The number of amides is 2. The Morgan fingerprint density at radius 1 is 1.42 bits per heavy atom. The van der Waals surface area contributed by atoms with E-state index in [0.29, 0.717) is 5.75 Å². The fourth-order valence-corrected chi connectivity index (χ4v) is 3.52. The molecule has 0 radical (unpaired) electrons. The molecular formula is C17H23N3O3S. The third kappa shape index (κ3) is 4.99. The number of nitrogens with zero attached hydrogens (tertiary/aromatic N) is 1. The summed E-state index contributed by atoms with van der Waals surface area (Å²) in [7, 11) is 0. The third-order valence-corrected chi connectivity index (χ3v) is 5.10. The Balaban J connectivity index is 1.97. The number of nitrogens with two attached hydrogens (primary N) is 1. The summed E-state index contributed by atoms with van der Waals surface area (Å²) in [6.45, 7) is 4.28. The molecule has 0 fully saturated rings. The lowest BCUT2D eigenvalue weighted by Gasteiger charge is -2.23. The Kier molecular flexibility index (Phi) is 6.66. The minimum absolute atomic E-state index is 0.173. The fourth-order valence-electron chi connectivity index (χ4n) is 2.28. The first-order valence-electron chi connectivity index (χ1n) is 7.98. The maximum Gasteiger partial charge on any atom is 0.408 e. The molecule has 2 amide bonds. The molecule has 0 aromatic heterocycles. The van der Waals surface area contributed by atoms with Crippen molar-refractivity contribution in [1.82, 2.24) is 5.32 Å². The Morgan fingerprint density at radius 2 is 2.12 bits per heavy atom. The van der Waals surface area contributed by atoms with E-state index < -0.39 is 18.0 Å². The van der Waals surface area contributed by atoms with Crippen LogP contribution in [-0.2, 0) is 16.1 Å². The fraction of sp³-hybridized carbons (Fsp3) is 0.471. The molecule has 0 bridgehead atoms. The normalized spacial score (nSPS) is 19.2. The van der Waals surface area contributed by atoms with Crippen molar-refractivity contribution in [3.05, 3.63) is 35.9 Å². The van der Waals surface area contributed by atoms with Crippen molar-refractivity contribution in [2.45, 2.75) is 39.0 Å². The van der Waals surface area contributed by atoms with Crippen molar-refractivity contribution in [3.8, 4) is 0 Å². The van der Waals surface area contributed by atoms with Crippen LogP contribution in [0.5, 0.6) is 0 Å². The van der Waals surface area contributed by atoms with Gasteiger partial charge in [-0.1, -0.05) is 50.6 Å². The smallest absolute Gasteiger partial charge is 0.408 e. The molecule has 0 aliphatic carbocycles. The van der Waals surface area contributed by atoms with E-state index in [1.165, 1.54) is 11.8 Å². The molecule has 1 aromatic rings. The second-order valence-electron chi connectivity index (χ2n) is 5.77. The van der Waals surface area contributed by atoms with Gasteiger partial charge in [-0.25, -0.2) is 4.79 Å². The molecule has 1 aliphatic rings. The molecule has 3 atom stereocenters. The van der Waals surface area contributed by atoms with Crippen molar-refractivity contribution < 1.29 is 14.3 Å². The number of carbonyl (C=O) groups is 2. The van der Waals surface area contributed by atoms with Crippen LogP contribution in [-0.4, -0.2) is 34.9 Å². The molecule has 24 heavy (non-hydrogen) atoms. The number of rotatable bonds is 7. The summed E-state index contributed by atoms with van der Waals surface area (Å²) < 4.78 is 5.28. The third-order valence-electron chi connectivity index (χ3n) is 3.97. The van der Waals surface area contributed by atoms with Gasteiger partial charge in [-0.2, -0.15) is 0 Å². The first kappa shape index (κ1) is 18.3. The van der Waals surface area contributed by atoms with Crippen LogP contribution < -0.4 is 11.1 Å². The number of aliphatic imine (C=N–C) groups is 1. The van der Waals surface area contributed by atoms with Crippen molar-refractivity contribution in [3.63, 3.8) is 0 Å². The maximum atomic E-state index is 12.1. The number of alkyl carbamates (subject to hydrolysis) is 1. The number of thioether (sulfide) groups is 1. The summed E-state index contributed by atoms with van der Waals surface area (Å²) in [5.41, 5.74) is 6.24. The average Bonchev–Trinajstić information content (AvgIpc) is 3.08. The summed E-state index contributed by atoms with van der Waals surface area (Å²) in [5.74, 6) is 0.262. The molecule has 0 saturated heterocycles. The van der Waals surface area contributed by atoms with E-state index in [0.717, 1.165) is 17.0 Å². The highest BCUT2D eigenvalue weighted by Crippen LogP contribution is 2.24. The molecule has 1 aliphatic heterocycles. The lowest BCUT2D eigenvalue weighted by atomic mass is 10.00. The Labute approximate surface area is 146 Å². The molecular weight excluding hydrogens is 326 g/mol. The zero-order chi connectivity index (χ0) is 17.5. The van der Waals surface area contributed by atoms with Gasteiger partial charge in [0.05, 0.1) is 11.1 Å². The minimum atomic E-state index is -0.515. The highest BCUT2D eigenvalue weighted by atomic mass is 32.2. The topological polar surface area (TPSA) is 93.8 Å². The minimum Gasteiger partial charge on any atom is -0.445 e. The molecule has 130 valence electrons. The van der Waals surface area contributed by atoms with E-state index in [4.69, 9.17) is 10.5 Å². The van der Waals surface area contributed by atoms with Crippen molar-refractivity contribution in [2.75, 3.05) is 5.75 Å². The van der Waals surface area contributed by atoms with Crippen molar-refractivity contribution in [1.29, 1.82) is 0 Å². The lowest BCUT2D eigenvalue weighted by molar-refractivity contribution is -0.118. The zero-order valence-corrected chi connectivity index (χ0v) is 14.7. The van der Waals surface area contributed by atoms with E-state index >= 15 is 0 Å². The molecule has 3 unspecified atom stereocenters. The van der Waals surface area contributed by atoms with E-state index in [-0.39, 0.29) is 18.6 Å². The zero-order valence-electron chi connectivity index (χ0n) is 13.9. The molecule has 0 spiro atoms. The summed E-state index contributed by atoms with van der Waals surface area (Å²) in [6, 6.07) is 8.71. The molecule has 3 N–H and O–H groups in total. The first-order chi connectivity index (χ1) is 11.5. The Hall–Kier alpha value is -2.02. The van der Waals surface area contributed by atoms with E-state index in [9.17, 15) is 9.59 Å². The van der Waals surface area contributed by atoms with Gasteiger partial charge in [0.2, 0.25) is 5.91 Å². The van der Waals surface area contributed by atoms with Crippen LogP contribution in [0.25, 0.3) is 0 Å². The van der Waals surface area contributed by atoms with Gasteiger partial charge >= 0.3 is 6.09 Å². The number of ether oxygens (including phenoxy) is 1. The highest BCUT2D eigenvalue weighted by molar-refractivity contribution is 8.14. The number of carbonyl (C=O) groups excluding carboxylic acids is 2. The largest absolute Gasteiger partial charge is 0.445 e. The van der Waals surface area contributed by atoms with E-state index in [1.807, 2.05) is 44.2 Å². The van der Waals surface area contributed by atoms with Gasteiger partial charge < -0.3 is 15.8 Å². The number of primary amides is 1. The van der Waals surface area contributed by atoms with Gasteiger partial charge in [0.1, 0.15) is 12.6 Å². The van der Waals surface area contributed by atoms with Crippen molar-refractivity contribution in [2.24, 2.45) is 16.6 Å². The van der Waals surface area contributed by atoms with Gasteiger partial charge in [-0.3, -0.25) is 9.79 Å². The van der Waals surface area contributed by atoms with Crippen LogP contribution in [0, 0.1) is 5.92 Å². The van der Waals surface area contributed by atoms with Gasteiger partial charge in [0.15, 0.2) is 0 Å². The predicted octanol–water partition coefficient (Wildman–Crippen LogP) is 2.33. The van der Waals surface area contributed by atoms with Gasteiger partial charge in [0, 0.05) is 5.75 Å². The standard InChI is InChI=1S/C17H23N3O3S/c1-3-11(2)14(16-19-13(10-24-16)15(18)21)20-17(22)23-9-12-7-5-4-6-8-12/h4-8,11,13-14H,3,9-10H2,1-2H3,(H2,18,21)(H,20,22). The molecule has 7 heteroatoms. The van der Waals surface area contributed by atoms with E-state index in [1.54, 1.807) is 0 Å². The summed E-state index contributed by atoms with van der Waals surface area (Å²) in [5, 5.41) is 3.62. The van der Waals surface area contributed by atoms with Crippen LogP contribution >= 0.6 is 11.8 Å². The second-order valence-corrected chi connectivity index (χ2v) is 6.81. The van der Waals surface area contributed by atoms with Gasteiger partial charge in [-0.15, -0.1) is 11.8 Å². The van der Waals surface area contributed by atoms with Crippen LogP contribution in [0.2, 0.25) is 0 Å². The first-order valence-corrected chi connectivity index (χ1v) is 8.96. The molecule has 1 aromatic carbocycles. The van der Waals surface area contributed by atoms with Crippen LogP contribution in [0.3, 0.4) is 0 Å². The highest BCUT2D eigenvalue weighted by Gasteiger charge is 2.31. The molecule has 1 heterocycles. The summed E-state index contributed by atoms with van der Waals surface area (Å²) >= 11 is 1.47. The Bertz CT molecular complexity index is 606. The number of hydrogen-bond donors (Lipinski definition) is 2. The average molecular weight is 349 g/mol. The monoisotopic (exact) mass is 349 g/mol. The van der Waals surface area contributed by atoms with E-state index in [2.05, 4.69) is 10.3 Å². The second kappa shape index (κ2) is 8.73. The number of hydrogen-bond acceptors (Lipinski definition) is 5. The van der Waals surface area contributed by atoms with Gasteiger partial charge in [-0.05, 0) is 11.5 Å².